The number of carbonyl (C=O) groups is 2. The van der Waals surface area contributed by atoms with Crippen LogP contribution >= 0.6 is 11.6 Å². The third kappa shape index (κ3) is 4.70. The lowest BCUT2D eigenvalue weighted by molar-refractivity contribution is -0.274. The minimum atomic E-state index is -4.95. The average Bonchev–Trinajstić information content (AvgIpc) is 2.71. The van der Waals surface area contributed by atoms with E-state index in [9.17, 15) is 27.9 Å². The number of hydrogen-bond donors (Lipinski definition) is 1. The normalized spacial score (nSPS) is 16.1. The fourth-order valence-electron chi connectivity index (χ4n) is 3.82. The van der Waals surface area contributed by atoms with Gasteiger partial charge in [-0.1, -0.05) is 18.2 Å². The molecule has 0 bridgehead atoms. The Morgan fingerprint density at radius 2 is 2.00 bits per heavy atom. The van der Waals surface area contributed by atoms with Crippen molar-refractivity contribution < 1.29 is 37.3 Å². The maximum atomic E-state index is 12.8. The Labute approximate surface area is 191 Å². The van der Waals surface area contributed by atoms with E-state index in [4.69, 9.17) is 16.3 Å². The van der Waals surface area contributed by atoms with Gasteiger partial charge in [-0.15, -0.1) is 13.2 Å². The van der Waals surface area contributed by atoms with Gasteiger partial charge in [0, 0.05) is 36.7 Å². The number of alkyl halides is 3. The van der Waals surface area contributed by atoms with E-state index >= 15 is 0 Å². The van der Waals surface area contributed by atoms with Crippen LogP contribution in [0.1, 0.15) is 0 Å². The molecule has 1 fully saturated rings. The van der Waals surface area contributed by atoms with Gasteiger partial charge >= 0.3 is 6.36 Å². The summed E-state index contributed by atoms with van der Waals surface area (Å²) in [6.07, 6.45) is -3.72. The smallest absolute Gasteiger partial charge is 0.508 e. The lowest BCUT2D eigenvalue weighted by Gasteiger charge is -2.42. The monoisotopic (exact) mass is 482 g/mol. The summed E-state index contributed by atoms with van der Waals surface area (Å²) in [6.45, 7) is 4.44. The highest BCUT2D eigenvalue weighted by Gasteiger charge is 2.36. The van der Waals surface area contributed by atoms with Crippen molar-refractivity contribution in [1.29, 1.82) is 0 Å². The van der Waals surface area contributed by atoms with E-state index in [1.165, 1.54) is 23.1 Å². The van der Waals surface area contributed by atoms with Gasteiger partial charge in [-0.2, -0.15) is 0 Å². The van der Waals surface area contributed by atoms with Crippen LogP contribution in [0.25, 0.3) is 11.1 Å². The molecule has 0 aromatic heterocycles. The van der Waals surface area contributed by atoms with E-state index < -0.39 is 12.1 Å². The first kappa shape index (κ1) is 22.8. The molecular formula is C22H18ClF3N2O5. The van der Waals surface area contributed by atoms with Gasteiger partial charge in [0.1, 0.15) is 17.2 Å². The first-order chi connectivity index (χ1) is 15.6. The number of phenolic OH excluding ortho intramolecular Hbond substituents is 1. The summed E-state index contributed by atoms with van der Waals surface area (Å²) in [5, 5.41) is 9.85. The standard InChI is InChI=1S/C22H18ClF3N2O5/c1-2-20(30)27-8-12(9-27)10-28-17-7-16(23)14(6-19(17)32-11-21(28)31)15-5-13(29)3-4-18(15)33-22(24,25)26/h2-7,12,29H,1,8-11H2. The number of phenols is 1. The molecule has 2 amide bonds. The first-order valence-electron chi connectivity index (χ1n) is 9.83. The maximum absolute atomic E-state index is 12.8. The van der Waals surface area contributed by atoms with E-state index in [2.05, 4.69) is 11.3 Å². The zero-order valence-electron chi connectivity index (χ0n) is 17.1. The van der Waals surface area contributed by atoms with Crippen molar-refractivity contribution in [2.75, 3.05) is 31.1 Å². The third-order valence-corrected chi connectivity index (χ3v) is 5.67. The molecule has 0 unspecified atom stereocenters. The Morgan fingerprint density at radius 1 is 1.27 bits per heavy atom. The van der Waals surface area contributed by atoms with Crippen LogP contribution in [-0.2, 0) is 9.59 Å². The minimum absolute atomic E-state index is 0.0340. The van der Waals surface area contributed by atoms with E-state index in [0.717, 1.165) is 18.2 Å². The number of carbonyl (C=O) groups excluding carboxylic acids is 2. The predicted molar refractivity (Wildman–Crippen MR) is 113 cm³/mol. The number of nitrogens with zero attached hydrogens (tertiary/aromatic N) is 2. The van der Waals surface area contributed by atoms with Gasteiger partial charge in [-0.05, 0) is 36.4 Å². The number of rotatable bonds is 5. The van der Waals surface area contributed by atoms with E-state index in [0.29, 0.717) is 25.3 Å². The SMILES string of the molecule is C=CC(=O)N1CC(CN2C(=O)COc3cc(-c4cc(O)ccc4OC(F)(F)F)c(Cl)cc32)C1. The summed E-state index contributed by atoms with van der Waals surface area (Å²) in [5.74, 6) is -1.04. The van der Waals surface area contributed by atoms with Crippen molar-refractivity contribution in [3.63, 3.8) is 0 Å². The second-order valence-corrected chi connectivity index (χ2v) is 8.04. The van der Waals surface area contributed by atoms with Crippen molar-refractivity contribution in [3.8, 4) is 28.4 Å². The third-order valence-electron chi connectivity index (χ3n) is 5.35. The second kappa shape index (κ2) is 8.51. The lowest BCUT2D eigenvalue weighted by Crippen LogP contribution is -2.55. The van der Waals surface area contributed by atoms with Crippen molar-refractivity contribution in [1.82, 2.24) is 4.90 Å². The van der Waals surface area contributed by atoms with Gasteiger partial charge in [0.15, 0.2) is 6.61 Å². The van der Waals surface area contributed by atoms with Crippen LogP contribution in [0.2, 0.25) is 5.02 Å². The fraction of sp³-hybridized carbons (Fsp3) is 0.273. The highest BCUT2D eigenvalue weighted by Crippen LogP contribution is 2.45. The highest BCUT2D eigenvalue weighted by atomic mass is 35.5. The van der Waals surface area contributed by atoms with E-state index in [1.807, 2.05) is 0 Å². The molecule has 7 nitrogen and oxygen atoms in total. The van der Waals surface area contributed by atoms with Crippen LogP contribution in [0.4, 0.5) is 18.9 Å². The van der Waals surface area contributed by atoms with Gasteiger partial charge in [-0.3, -0.25) is 9.59 Å². The molecule has 2 aromatic rings. The predicted octanol–water partition coefficient (Wildman–Crippen LogP) is 3.98. The number of amides is 2. The molecule has 2 aromatic carbocycles. The van der Waals surface area contributed by atoms with Crippen LogP contribution in [0.3, 0.4) is 0 Å². The molecule has 2 aliphatic heterocycles. The van der Waals surface area contributed by atoms with Gasteiger partial charge in [0.05, 0.1) is 10.7 Å². The molecule has 0 spiro atoms. The number of aromatic hydroxyl groups is 1. The Kier molecular flexibility index (Phi) is 5.87. The summed E-state index contributed by atoms with van der Waals surface area (Å²) in [5.41, 5.74) is 0.406. The molecule has 0 aliphatic carbocycles. The number of fused-ring (bicyclic) bond motifs is 1. The Morgan fingerprint density at radius 3 is 2.67 bits per heavy atom. The topological polar surface area (TPSA) is 79.3 Å². The zero-order valence-corrected chi connectivity index (χ0v) is 17.8. The van der Waals surface area contributed by atoms with Crippen molar-refractivity contribution in [3.05, 3.63) is 48.0 Å². The maximum Gasteiger partial charge on any atom is 0.573 e. The Balaban J connectivity index is 1.65. The molecule has 0 atom stereocenters. The van der Waals surface area contributed by atoms with Crippen LogP contribution in [-0.4, -0.2) is 54.4 Å². The van der Waals surface area contributed by atoms with Crippen molar-refractivity contribution in [2.24, 2.45) is 5.92 Å². The molecule has 174 valence electrons. The van der Waals surface area contributed by atoms with Crippen LogP contribution in [0, 0.1) is 5.92 Å². The quantitative estimate of drug-likeness (QED) is 0.652. The Hall–Kier alpha value is -3.40. The molecule has 0 saturated carbocycles. The summed E-state index contributed by atoms with van der Waals surface area (Å²) in [4.78, 5) is 27.2. The summed E-state index contributed by atoms with van der Waals surface area (Å²) >= 11 is 6.40. The number of halogens is 4. The van der Waals surface area contributed by atoms with Gasteiger partial charge < -0.3 is 24.4 Å². The lowest BCUT2D eigenvalue weighted by atomic mass is 9.97. The van der Waals surface area contributed by atoms with Gasteiger partial charge in [0.2, 0.25) is 5.91 Å². The second-order valence-electron chi connectivity index (χ2n) is 7.63. The van der Waals surface area contributed by atoms with E-state index in [-0.39, 0.29) is 52.0 Å². The molecule has 4 rings (SSSR count). The summed E-state index contributed by atoms with van der Waals surface area (Å²) in [6, 6.07) is 5.98. The van der Waals surface area contributed by atoms with Crippen molar-refractivity contribution in [2.45, 2.75) is 6.36 Å². The highest BCUT2D eigenvalue weighted by molar-refractivity contribution is 6.34. The van der Waals surface area contributed by atoms with Crippen LogP contribution in [0.5, 0.6) is 17.2 Å². The number of hydrogen-bond acceptors (Lipinski definition) is 5. The first-order valence-corrected chi connectivity index (χ1v) is 10.2. The molecule has 11 heteroatoms. The molecule has 0 radical (unpaired) electrons. The summed E-state index contributed by atoms with van der Waals surface area (Å²) < 4.78 is 48.1. The number of benzene rings is 2. The van der Waals surface area contributed by atoms with Gasteiger partial charge in [0.25, 0.3) is 5.91 Å². The zero-order chi connectivity index (χ0) is 23.9. The molecule has 1 N–H and O–H groups in total. The Bertz CT molecular complexity index is 1130. The molecular weight excluding hydrogens is 465 g/mol. The minimum Gasteiger partial charge on any atom is -0.508 e. The number of ether oxygens (including phenoxy) is 2. The molecule has 2 aliphatic rings. The van der Waals surface area contributed by atoms with Gasteiger partial charge in [-0.25, -0.2) is 0 Å². The molecule has 2 heterocycles. The van der Waals surface area contributed by atoms with Crippen LogP contribution < -0.4 is 14.4 Å². The average molecular weight is 483 g/mol. The summed E-state index contributed by atoms with van der Waals surface area (Å²) in [7, 11) is 0. The molecule has 33 heavy (non-hydrogen) atoms. The fourth-order valence-corrected chi connectivity index (χ4v) is 4.08. The molecule has 1 saturated heterocycles. The number of likely N-dealkylation sites (tertiary alicyclic amines) is 1. The van der Waals surface area contributed by atoms with Crippen LogP contribution in [0.15, 0.2) is 43.0 Å². The number of anilines is 1. The van der Waals surface area contributed by atoms with Crippen molar-refractivity contribution >= 4 is 29.1 Å². The largest absolute Gasteiger partial charge is 0.573 e. The van der Waals surface area contributed by atoms with E-state index in [1.54, 1.807) is 4.90 Å².